The van der Waals surface area contributed by atoms with E-state index in [2.05, 4.69) is 23.1 Å². The molecule has 0 saturated carbocycles. The second-order valence-electron chi connectivity index (χ2n) is 4.62. The summed E-state index contributed by atoms with van der Waals surface area (Å²) >= 11 is 0. The van der Waals surface area contributed by atoms with Crippen LogP contribution in [0.15, 0.2) is 36.0 Å². The van der Waals surface area contributed by atoms with Crippen molar-refractivity contribution in [2.45, 2.75) is 12.8 Å². The Labute approximate surface area is 96.1 Å². The third-order valence-corrected chi connectivity index (χ3v) is 3.62. The summed E-state index contributed by atoms with van der Waals surface area (Å²) in [5, 5.41) is 8.17. The zero-order valence-corrected chi connectivity index (χ0v) is 9.32. The molecule has 82 valence electrons. The maximum Gasteiger partial charge on any atom is 0.0586 e. The van der Waals surface area contributed by atoms with E-state index in [4.69, 9.17) is 5.41 Å². The van der Waals surface area contributed by atoms with Gasteiger partial charge in [-0.1, -0.05) is 30.3 Å². The lowest BCUT2D eigenvalue weighted by Crippen LogP contribution is -2.45. The van der Waals surface area contributed by atoms with Gasteiger partial charge in [-0.25, -0.2) is 0 Å². The van der Waals surface area contributed by atoms with E-state index in [-0.39, 0.29) is 0 Å². The second-order valence-corrected chi connectivity index (χ2v) is 4.62. The normalized spacial score (nSPS) is 23.1. The molecule has 1 aromatic rings. The molecule has 0 amide bonds. The minimum Gasteiger partial charge on any atom is -0.370 e. The van der Waals surface area contributed by atoms with Crippen LogP contribution in [0.5, 0.6) is 0 Å². The molecule has 3 aliphatic heterocycles. The predicted molar refractivity (Wildman–Crippen MR) is 66.4 cm³/mol. The van der Waals surface area contributed by atoms with Crippen LogP contribution in [-0.4, -0.2) is 23.7 Å². The van der Waals surface area contributed by atoms with Crippen molar-refractivity contribution in [2.75, 3.05) is 13.1 Å². The molecule has 0 spiro atoms. The second kappa shape index (κ2) is 3.78. The molecule has 3 fully saturated rings. The lowest BCUT2D eigenvalue weighted by molar-refractivity contribution is 0.241. The van der Waals surface area contributed by atoms with Crippen LogP contribution in [0.25, 0.3) is 6.08 Å². The Morgan fingerprint density at radius 3 is 2.44 bits per heavy atom. The van der Waals surface area contributed by atoms with E-state index in [1.54, 1.807) is 0 Å². The molecule has 3 saturated heterocycles. The molecule has 1 N–H and O–H groups in total. The van der Waals surface area contributed by atoms with Crippen molar-refractivity contribution in [3.05, 3.63) is 41.6 Å². The molecule has 3 heterocycles. The molecule has 2 heteroatoms. The molecule has 16 heavy (non-hydrogen) atoms. The van der Waals surface area contributed by atoms with Crippen molar-refractivity contribution in [3.63, 3.8) is 0 Å². The Morgan fingerprint density at radius 2 is 1.81 bits per heavy atom. The highest BCUT2D eigenvalue weighted by molar-refractivity contribution is 6.03. The van der Waals surface area contributed by atoms with E-state index in [0.29, 0.717) is 5.92 Å². The van der Waals surface area contributed by atoms with Crippen molar-refractivity contribution in [1.82, 2.24) is 4.90 Å². The average molecular weight is 212 g/mol. The van der Waals surface area contributed by atoms with Crippen LogP contribution in [-0.2, 0) is 0 Å². The topological polar surface area (TPSA) is 27.1 Å². The van der Waals surface area contributed by atoms with Gasteiger partial charge in [0.05, 0.1) is 11.4 Å². The van der Waals surface area contributed by atoms with Gasteiger partial charge >= 0.3 is 0 Å². The monoisotopic (exact) mass is 212 g/mol. The van der Waals surface area contributed by atoms with Gasteiger partial charge in [-0.3, -0.25) is 0 Å². The number of fused-ring (bicyclic) bond motifs is 3. The molecule has 4 rings (SSSR count). The zero-order chi connectivity index (χ0) is 11.0. The van der Waals surface area contributed by atoms with Gasteiger partial charge in [0.25, 0.3) is 0 Å². The van der Waals surface area contributed by atoms with Crippen molar-refractivity contribution in [3.8, 4) is 0 Å². The summed E-state index contributed by atoms with van der Waals surface area (Å²) < 4.78 is 0. The number of hydrogen-bond acceptors (Lipinski definition) is 2. The number of nitrogens with one attached hydrogen (secondary N) is 1. The molecule has 0 atom stereocenters. The average Bonchev–Trinajstić information content (AvgIpc) is 2.36. The number of allylic oxidation sites excluding steroid dienone is 1. The van der Waals surface area contributed by atoms with Crippen molar-refractivity contribution >= 4 is 11.8 Å². The maximum atomic E-state index is 8.17. The fourth-order valence-corrected chi connectivity index (χ4v) is 2.66. The van der Waals surface area contributed by atoms with Crippen LogP contribution in [0.4, 0.5) is 0 Å². The van der Waals surface area contributed by atoms with Crippen LogP contribution in [0, 0.1) is 11.3 Å². The Hall–Kier alpha value is -1.57. The molecule has 2 nitrogen and oxygen atoms in total. The highest BCUT2D eigenvalue weighted by atomic mass is 15.2. The molecular weight excluding hydrogens is 196 g/mol. The molecule has 0 aromatic heterocycles. The minimum absolute atomic E-state index is 0.514. The van der Waals surface area contributed by atoms with E-state index in [9.17, 15) is 0 Å². The minimum atomic E-state index is 0.514. The fraction of sp³-hybridized carbons (Fsp3) is 0.357. The molecule has 1 aromatic carbocycles. The van der Waals surface area contributed by atoms with E-state index in [0.717, 1.165) is 24.5 Å². The van der Waals surface area contributed by atoms with Crippen LogP contribution in [0.2, 0.25) is 0 Å². The van der Waals surface area contributed by atoms with Crippen LogP contribution in [0.3, 0.4) is 0 Å². The van der Waals surface area contributed by atoms with Gasteiger partial charge < -0.3 is 10.3 Å². The van der Waals surface area contributed by atoms with E-state index in [1.165, 1.54) is 18.4 Å². The Morgan fingerprint density at radius 1 is 1.12 bits per heavy atom. The van der Waals surface area contributed by atoms with E-state index < -0.39 is 0 Å². The smallest absolute Gasteiger partial charge is 0.0586 e. The van der Waals surface area contributed by atoms with Crippen molar-refractivity contribution in [1.29, 1.82) is 5.41 Å². The summed E-state index contributed by atoms with van der Waals surface area (Å²) in [4.78, 5) is 2.36. The van der Waals surface area contributed by atoms with Crippen LogP contribution >= 0.6 is 0 Å². The van der Waals surface area contributed by atoms with E-state index in [1.807, 2.05) is 18.2 Å². The highest BCUT2D eigenvalue weighted by Gasteiger charge is 2.33. The zero-order valence-electron chi connectivity index (χ0n) is 9.32. The van der Waals surface area contributed by atoms with Crippen molar-refractivity contribution in [2.24, 2.45) is 5.92 Å². The Bertz CT molecular complexity index is 425. The molecule has 0 radical (unpaired) electrons. The SMILES string of the molecule is N=C1C(=Cc2ccccc2)N2CCC1CC2. The number of hydrogen-bond donors (Lipinski definition) is 1. The first kappa shape index (κ1) is 9.64. The summed E-state index contributed by atoms with van der Waals surface area (Å²) in [5.41, 5.74) is 3.20. The highest BCUT2D eigenvalue weighted by Crippen LogP contribution is 2.32. The summed E-state index contributed by atoms with van der Waals surface area (Å²) in [6.07, 6.45) is 4.50. The van der Waals surface area contributed by atoms with Gasteiger partial charge in [0.1, 0.15) is 0 Å². The summed E-state index contributed by atoms with van der Waals surface area (Å²) in [6.45, 7) is 2.26. The quantitative estimate of drug-likeness (QED) is 0.761. The molecule has 3 aliphatic rings. The number of nitrogens with zero attached hydrogens (tertiary/aromatic N) is 1. The van der Waals surface area contributed by atoms with Gasteiger partial charge in [-0.2, -0.15) is 0 Å². The third kappa shape index (κ3) is 1.54. The molecule has 0 aliphatic carbocycles. The van der Waals surface area contributed by atoms with Crippen LogP contribution in [0.1, 0.15) is 18.4 Å². The van der Waals surface area contributed by atoms with Gasteiger partial charge in [0.2, 0.25) is 0 Å². The molecular formula is C14H16N2. The van der Waals surface area contributed by atoms with Crippen LogP contribution < -0.4 is 0 Å². The van der Waals surface area contributed by atoms with Gasteiger partial charge in [0.15, 0.2) is 0 Å². The third-order valence-electron chi connectivity index (χ3n) is 3.62. The lowest BCUT2D eigenvalue weighted by atomic mass is 9.83. The Balaban J connectivity index is 1.95. The predicted octanol–water partition coefficient (Wildman–Crippen LogP) is 2.77. The summed E-state index contributed by atoms with van der Waals surface area (Å²) in [5.74, 6) is 0.514. The lowest BCUT2D eigenvalue weighted by Gasteiger charge is -2.43. The maximum absolute atomic E-state index is 8.17. The largest absolute Gasteiger partial charge is 0.370 e. The van der Waals surface area contributed by atoms with Gasteiger partial charge in [0, 0.05) is 19.0 Å². The van der Waals surface area contributed by atoms with E-state index >= 15 is 0 Å². The molecule has 0 unspecified atom stereocenters. The summed E-state index contributed by atoms with van der Waals surface area (Å²) in [6, 6.07) is 10.3. The molecule has 2 bridgehead atoms. The van der Waals surface area contributed by atoms with Gasteiger partial charge in [-0.05, 0) is 24.5 Å². The van der Waals surface area contributed by atoms with Crippen molar-refractivity contribution < 1.29 is 0 Å². The van der Waals surface area contributed by atoms with Gasteiger partial charge in [-0.15, -0.1) is 0 Å². The first-order valence-electron chi connectivity index (χ1n) is 5.95. The number of benzene rings is 1. The first-order valence-corrected chi connectivity index (χ1v) is 5.95. The fourth-order valence-electron chi connectivity index (χ4n) is 2.66. The number of piperidine rings is 3. The number of rotatable bonds is 1. The summed E-state index contributed by atoms with van der Waals surface area (Å²) in [7, 11) is 0. The Kier molecular flexibility index (Phi) is 2.28. The first-order chi connectivity index (χ1) is 7.84. The standard InChI is InChI=1S/C14H16N2/c15-14-12-6-8-16(9-7-12)13(14)10-11-4-2-1-3-5-11/h1-5,10,12,15H,6-9H2.